The smallest absolute Gasteiger partial charge is 0.243 e. The molecule has 0 aliphatic carbocycles. The van der Waals surface area contributed by atoms with Crippen LogP contribution in [0.15, 0.2) is 18.2 Å². The molecule has 0 spiro atoms. The van der Waals surface area contributed by atoms with Crippen molar-refractivity contribution in [3.05, 3.63) is 29.3 Å². The zero-order chi connectivity index (χ0) is 19.3. The van der Waals surface area contributed by atoms with Crippen molar-refractivity contribution in [3.63, 3.8) is 0 Å². The molecule has 1 aliphatic rings. The first-order chi connectivity index (χ1) is 12.3. The van der Waals surface area contributed by atoms with Gasteiger partial charge in [0.05, 0.1) is 12.6 Å². The van der Waals surface area contributed by atoms with Gasteiger partial charge >= 0.3 is 0 Å². The summed E-state index contributed by atoms with van der Waals surface area (Å²) < 4.78 is 0. The van der Waals surface area contributed by atoms with Gasteiger partial charge in [-0.3, -0.25) is 19.3 Å². The minimum Gasteiger partial charge on any atom is -0.369 e. The van der Waals surface area contributed by atoms with Crippen LogP contribution in [0.2, 0.25) is 0 Å². The van der Waals surface area contributed by atoms with E-state index in [1.165, 1.54) is 0 Å². The predicted molar refractivity (Wildman–Crippen MR) is 101 cm³/mol. The Kier molecular flexibility index (Phi) is 6.74. The summed E-state index contributed by atoms with van der Waals surface area (Å²) in [5, 5.41) is 5.54. The van der Waals surface area contributed by atoms with Crippen molar-refractivity contribution < 1.29 is 14.4 Å². The van der Waals surface area contributed by atoms with Gasteiger partial charge in [-0.05, 0) is 57.8 Å². The number of nitrogens with zero attached hydrogens (tertiary/aromatic N) is 1. The third-order valence-corrected chi connectivity index (χ3v) is 5.03. The Morgan fingerprint density at radius 2 is 1.77 bits per heavy atom. The fourth-order valence-electron chi connectivity index (χ4n) is 3.25. The summed E-state index contributed by atoms with van der Waals surface area (Å²) in [4.78, 5) is 37.7. The molecule has 2 rings (SSSR count). The van der Waals surface area contributed by atoms with Crippen LogP contribution in [0.4, 0.5) is 5.69 Å². The van der Waals surface area contributed by atoms with Gasteiger partial charge in [0.15, 0.2) is 0 Å². The van der Waals surface area contributed by atoms with Crippen molar-refractivity contribution in [2.75, 3.05) is 25.0 Å². The van der Waals surface area contributed by atoms with Gasteiger partial charge in [0.2, 0.25) is 17.7 Å². The van der Waals surface area contributed by atoms with Gasteiger partial charge in [0.25, 0.3) is 0 Å². The molecule has 1 aromatic rings. The molecule has 0 aromatic heterocycles. The summed E-state index contributed by atoms with van der Waals surface area (Å²) >= 11 is 0. The molecular formula is C19H28N4O3. The molecule has 0 bridgehead atoms. The third kappa shape index (κ3) is 5.05. The Morgan fingerprint density at radius 1 is 1.19 bits per heavy atom. The lowest BCUT2D eigenvalue weighted by atomic mass is 9.95. The number of primary amides is 1. The molecule has 1 saturated heterocycles. The highest BCUT2D eigenvalue weighted by Crippen LogP contribution is 2.20. The summed E-state index contributed by atoms with van der Waals surface area (Å²) in [6.07, 6.45) is 1.33. The second-order valence-electron chi connectivity index (χ2n) is 6.92. The lowest BCUT2D eigenvalue weighted by Gasteiger charge is -2.34. The zero-order valence-corrected chi connectivity index (χ0v) is 15.7. The maximum Gasteiger partial charge on any atom is 0.243 e. The average Bonchev–Trinajstić information content (AvgIpc) is 2.62. The monoisotopic (exact) mass is 360 g/mol. The molecule has 1 unspecified atom stereocenters. The molecule has 1 aliphatic heterocycles. The van der Waals surface area contributed by atoms with E-state index in [4.69, 9.17) is 5.73 Å². The molecule has 3 amide bonds. The van der Waals surface area contributed by atoms with Gasteiger partial charge in [0, 0.05) is 11.6 Å². The van der Waals surface area contributed by atoms with Crippen LogP contribution < -0.4 is 16.4 Å². The topological polar surface area (TPSA) is 105 Å². The van der Waals surface area contributed by atoms with Gasteiger partial charge in [-0.25, -0.2) is 0 Å². The molecule has 1 aromatic carbocycles. The number of amides is 3. The summed E-state index contributed by atoms with van der Waals surface area (Å²) in [7, 11) is 0. The van der Waals surface area contributed by atoms with E-state index in [2.05, 4.69) is 10.6 Å². The predicted octanol–water partition coefficient (Wildman–Crippen LogP) is 0.944. The second-order valence-corrected chi connectivity index (χ2v) is 6.92. The Morgan fingerprint density at radius 3 is 2.31 bits per heavy atom. The van der Waals surface area contributed by atoms with Crippen molar-refractivity contribution >= 4 is 23.4 Å². The van der Waals surface area contributed by atoms with E-state index in [1.807, 2.05) is 43.9 Å². The van der Waals surface area contributed by atoms with Crippen LogP contribution in [0, 0.1) is 19.8 Å². The first-order valence-electron chi connectivity index (χ1n) is 8.96. The molecule has 7 nitrogen and oxygen atoms in total. The molecular weight excluding hydrogens is 332 g/mol. The summed E-state index contributed by atoms with van der Waals surface area (Å²) in [6.45, 7) is 6.89. The lowest BCUT2D eigenvalue weighted by molar-refractivity contribution is -0.129. The minimum absolute atomic E-state index is 0.0747. The molecule has 0 saturated carbocycles. The third-order valence-electron chi connectivity index (χ3n) is 5.03. The molecule has 7 heteroatoms. The average molecular weight is 360 g/mol. The van der Waals surface area contributed by atoms with Crippen LogP contribution in [0.3, 0.4) is 0 Å². The Balaban J connectivity index is 1.80. The fourth-order valence-corrected chi connectivity index (χ4v) is 3.25. The molecule has 0 radical (unpaired) electrons. The zero-order valence-electron chi connectivity index (χ0n) is 15.7. The van der Waals surface area contributed by atoms with E-state index < -0.39 is 0 Å². The Hall–Kier alpha value is -2.41. The number of hydrogen-bond donors (Lipinski definition) is 3. The maximum absolute atomic E-state index is 12.3. The van der Waals surface area contributed by atoms with Gasteiger partial charge in [-0.2, -0.15) is 0 Å². The lowest BCUT2D eigenvalue weighted by Crippen LogP contribution is -2.50. The van der Waals surface area contributed by atoms with Gasteiger partial charge in [0.1, 0.15) is 0 Å². The van der Waals surface area contributed by atoms with Crippen LogP contribution in [-0.2, 0) is 14.4 Å². The molecule has 1 fully saturated rings. The first-order valence-corrected chi connectivity index (χ1v) is 8.96. The molecule has 1 heterocycles. The standard InChI is InChI=1S/C19H28N4O3/c1-12-5-4-6-13(2)17(12)22-16(24)11-21-19(26)14(3)23-9-7-15(8-10-23)18(20)25/h4-6,14-15H,7-11H2,1-3H3,(H2,20,25)(H,21,26)(H,22,24). The van der Waals surface area contributed by atoms with E-state index in [9.17, 15) is 14.4 Å². The van der Waals surface area contributed by atoms with Crippen LogP contribution in [-0.4, -0.2) is 48.3 Å². The SMILES string of the molecule is Cc1cccc(C)c1NC(=O)CNC(=O)C(C)N1CCC(C(N)=O)CC1. The van der Waals surface area contributed by atoms with Gasteiger partial charge in [-0.15, -0.1) is 0 Å². The van der Waals surface area contributed by atoms with E-state index in [0.717, 1.165) is 16.8 Å². The normalized spacial score (nSPS) is 16.7. The Labute approximate surface area is 154 Å². The number of carbonyl (C=O) groups is 3. The van der Waals surface area contributed by atoms with Crippen LogP contribution >= 0.6 is 0 Å². The van der Waals surface area contributed by atoms with Crippen molar-refractivity contribution in [3.8, 4) is 0 Å². The number of hydrogen-bond acceptors (Lipinski definition) is 4. The highest BCUT2D eigenvalue weighted by molar-refractivity contribution is 5.96. The van der Waals surface area contributed by atoms with Crippen LogP contribution in [0.5, 0.6) is 0 Å². The van der Waals surface area contributed by atoms with E-state index in [-0.39, 0.29) is 36.2 Å². The van der Waals surface area contributed by atoms with Crippen LogP contribution in [0.1, 0.15) is 30.9 Å². The van der Waals surface area contributed by atoms with Crippen molar-refractivity contribution in [1.29, 1.82) is 0 Å². The maximum atomic E-state index is 12.3. The van der Waals surface area contributed by atoms with E-state index in [0.29, 0.717) is 25.9 Å². The first kappa shape index (κ1) is 19.9. The van der Waals surface area contributed by atoms with E-state index in [1.54, 1.807) is 0 Å². The van der Waals surface area contributed by atoms with Crippen molar-refractivity contribution in [1.82, 2.24) is 10.2 Å². The summed E-state index contributed by atoms with van der Waals surface area (Å²) in [5.74, 6) is -0.830. The van der Waals surface area contributed by atoms with Gasteiger partial charge < -0.3 is 16.4 Å². The number of benzene rings is 1. The number of nitrogens with two attached hydrogens (primary N) is 1. The number of likely N-dealkylation sites (tertiary alicyclic amines) is 1. The number of aryl methyl sites for hydroxylation is 2. The molecule has 142 valence electrons. The Bertz CT molecular complexity index is 661. The number of rotatable bonds is 6. The summed E-state index contributed by atoms with van der Waals surface area (Å²) in [6, 6.07) is 5.44. The quantitative estimate of drug-likeness (QED) is 0.702. The molecule has 4 N–H and O–H groups in total. The molecule has 26 heavy (non-hydrogen) atoms. The van der Waals surface area contributed by atoms with Crippen molar-refractivity contribution in [2.45, 2.75) is 39.7 Å². The number of para-hydroxylation sites is 1. The number of piperidine rings is 1. The van der Waals surface area contributed by atoms with Gasteiger partial charge in [-0.1, -0.05) is 18.2 Å². The van der Waals surface area contributed by atoms with Crippen LogP contribution in [0.25, 0.3) is 0 Å². The van der Waals surface area contributed by atoms with Crippen molar-refractivity contribution in [2.24, 2.45) is 11.7 Å². The highest BCUT2D eigenvalue weighted by atomic mass is 16.2. The number of anilines is 1. The number of nitrogens with one attached hydrogen (secondary N) is 2. The highest BCUT2D eigenvalue weighted by Gasteiger charge is 2.28. The number of carbonyl (C=O) groups excluding carboxylic acids is 3. The largest absolute Gasteiger partial charge is 0.369 e. The molecule has 1 atom stereocenters. The summed E-state index contributed by atoms with van der Waals surface area (Å²) in [5.41, 5.74) is 8.08. The fraction of sp³-hybridized carbons (Fsp3) is 0.526. The second kappa shape index (κ2) is 8.80. The minimum atomic E-state index is -0.350. The van der Waals surface area contributed by atoms with E-state index >= 15 is 0 Å².